The fourth-order valence-electron chi connectivity index (χ4n) is 3.89. The molecule has 3 aromatic heterocycles. The molecule has 154 valence electrons. The molecule has 0 aliphatic heterocycles. The molecule has 0 saturated carbocycles. The van der Waals surface area contributed by atoms with Gasteiger partial charge in [0, 0.05) is 29.3 Å². The van der Waals surface area contributed by atoms with Crippen LogP contribution in [0.5, 0.6) is 0 Å². The quantitative estimate of drug-likeness (QED) is 0.473. The van der Waals surface area contributed by atoms with E-state index in [0.717, 1.165) is 56.9 Å². The Hall–Kier alpha value is -3.61. The van der Waals surface area contributed by atoms with E-state index in [2.05, 4.69) is 62.0 Å². The van der Waals surface area contributed by atoms with Crippen LogP contribution in [0, 0.1) is 0 Å². The predicted octanol–water partition coefficient (Wildman–Crippen LogP) is 4.13. The van der Waals surface area contributed by atoms with Crippen LogP contribution in [0.15, 0.2) is 72.9 Å². The lowest BCUT2D eigenvalue weighted by molar-refractivity contribution is 0.388. The molecular formula is C25H24N6. The molecule has 31 heavy (non-hydrogen) atoms. The summed E-state index contributed by atoms with van der Waals surface area (Å²) in [6, 6.07) is 22.9. The monoisotopic (exact) mass is 408 g/mol. The van der Waals surface area contributed by atoms with Crippen molar-refractivity contribution in [1.29, 1.82) is 0 Å². The summed E-state index contributed by atoms with van der Waals surface area (Å²) in [5.74, 6) is 0.907. The van der Waals surface area contributed by atoms with Crippen LogP contribution in [0.1, 0.15) is 11.4 Å². The van der Waals surface area contributed by atoms with Gasteiger partial charge in [0.25, 0.3) is 0 Å². The normalized spacial score (nSPS) is 11.6. The minimum Gasteiger partial charge on any atom is -0.326 e. The van der Waals surface area contributed by atoms with Crippen molar-refractivity contribution < 1.29 is 0 Å². The zero-order valence-corrected chi connectivity index (χ0v) is 17.7. The average Bonchev–Trinajstić information content (AvgIpc) is 3.21. The first-order valence-corrected chi connectivity index (χ1v) is 10.3. The van der Waals surface area contributed by atoms with E-state index in [1.54, 1.807) is 0 Å². The Morgan fingerprint density at radius 1 is 0.903 bits per heavy atom. The van der Waals surface area contributed by atoms with Crippen molar-refractivity contribution in [1.82, 2.24) is 24.5 Å². The molecule has 5 rings (SSSR count). The van der Waals surface area contributed by atoms with Crippen molar-refractivity contribution in [3.8, 4) is 22.4 Å². The van der Waals surface area contributed by atoms with Gasteiger partial charge in [0.05, 0.1) is 17.8 Å². The van der Waals surface area contributed by atoms with Gasteiger partial charge in [-0.15, -0.1) is 10.2 Å². The Morgan fingerprint density at radius 3 is 2.39 bits per heavy atom. The maximum atomic E-state index is 5.78. The van der Waals surface area contributed by atoms with Crippen LogP contribution in [0.2, 0.25) is 0 Å². The fraction of sp³-hybridized carbons (Fsp3) is 0.160. The second kappa shape index (κ2) is 7.91. The summed E-state index contributed by atoms with van der Waals surface area (Å²) in [5, 5.41) is 9.90. The topological polar surface area (TPSA) is 72.3 Å². The largest absolute Gasteiger partial charge is 0.326 e. The number of nitrogens with two attached hydrogens (primary N) is 1. The van der Waals surface area contributed by atoms with Gasteiger partial charge in [-0.1, -0.05) is 54.6 Å². The van der Waals surface area contributed by atoms with E-state index in [4.69, 9.17) is 10.7 Å². The number of hydrogen-bond acceptors (Lipinski definition) is 5. The number of fused-ring (bicyclic) bond motifs is 3. The molecule has 0 radical (unpaired) electrons. The fourth-order valence-corrected chi connectivity index (χ4v) is 3.89. The van der Waals surface area contributed by atoms with E-state index in [9.17, 15) is 0 Å². The summed E-state index contributed by atoms with van der Waals surface area (Å²) in [6.45, 7) is 1.24. The summed E-state index contributed by atoms with van der Waals surface area (Å²) in [4.78, 5) is 7.16. The molecule has 6 heteroatoms. The SMILES string of the molecule is CN(C)Cc1nnc2c3cc(-c4ccccc4)c(-c4ccc(CN)cc4)nc3ccn12. The molecule has 0 amide bonds. The van der Waals surface area contributed by atoms with Crippen molar-refractivity contribution in [3.63, 3.8) is 0 Å². The Morgan fingerprint density at radius 2 is 1.68 bits per heavy atom. The van der Waals surface area contributed by atoms with E-state index >= 15 is 0 Å². The predicted molar refractivity (Wildman–Crippen MR) is 124 cm³/mol. The van der Waals surface area contributed by atoms with Crippen LogP contribution < -0.4 is 5.73 Å². The van der Waals surface area contributed by atoms with Gasteiger partial charge < -0.3 is 10.6 Å². The highest BCUT2D eigenvalue weighted by atomic mass is 15.3. The molecule has 0 atom stereocenters. The van der Waals surface area contributed by atoms with Gasteiger partial charge in [-0.2, -0.15) is 0 Å². The number of nitrogens with zero attached hydrogens (tertiary/aromatic N) is 5. The molecular weight excluding hydrogens is 384 g/mol. The summed E-state index contributed by atoms with van der Waals surface area (Å²) in [6.07, 6.45) is 2.01. The first-order chi connectivity index (χ1) is 15.1. The van der Waals surface area contributed by atoms with Gasteiger partial charge in [0.2, 0.25) is 0 Å². The van der Waals surface area contributed by atoms with Gasteiger partial charge in [-0.25, -0.2) is 4.98 Å². The average molecular weight is 409 g/mol. The standard InChI is InChI=1S/C25H24N6/c1-30(2)16-23-28-29-25-21-14-20(18-6-4-3-5-7-18)24(27-22(21)12-13-31(23)25)19-10-8-17(15-26)9-11-19/h3-14H,15-16,26H2,1-2H3. The van der Waals surface area contributed by atoms with Crippen LogP contribution in [0.3, 0.4) is 0 Å². The van der Waals surface area contributed by atoms with Gasteiger partial charge >= 0.3 is 0 Å². The Bertz CT molecular complexity index is 1350. The lowest BCUT2D eigenvalue weighted by Gasteiger charge is -2.13. The van der Waals surface area contributed by atoms with E-state index in [0.29, 0.717) is 6.54 Å². The first kappa shape index (κ1) is 19.4. The van der Waals surface area contributed by atoms with Gasteiger partial charge in [0.1, 0.15) is 0 Å². The summed E-state index contributed by atoms with van der Waals surface area (Å²) < 4.78 is 2.05. The molecule has 0 aliphatic rings. The second-order valence-corrected chi connectivity index (χ2v) is 7.95. The van der Waals surface area contributed by atoms with Crippen molar-refractivity contribution in [3.05, 3.63) is 84.3 Å². The molecule has 0 fully saturated rings. The molecule has 0 saturated heterocycles. The van der Waals surface area contributed by atoms with Crippen LogP contribution in [0.4, 0.5) is 0 Å². The zero-order valence-electron chi connectivity index (χ0n) is 17.7. The Balaban J connectivity index is 1.77. The first-order valence-electron chi connectivity index (χ1n) is 10.3. The number of rotatable bonds is 5. The molecule has 0 bridgehead atoms. The number of hydrogen-bond donors (Lipinski definition) is 1. The van der Waals surface area contributed by atoms with E-state index in [1.807, 2.05) is 44.6 Å². The maximum absolute atomic E-state index is 5.78. The highest BCUT2D eigenvalue weighted by Crippen LogP contribution is 2.34. The lowest BCUT2D eigenvalue weighted by Crippen LogP contribution is -2.13. The van der Waals surface area contributed by atoms with Crippen molar-refractivity contribution in [2.45, 2.75) is 13.1 Å². The molecule has 0 unspecified atom stereocenters. The molecule has 0 spiro atoms. The Labute approximate surface area is 181 Å². The molecule has 2 N–H and O–H groups in total. The van der Waals surface area contributed by atoms with Crippen LogP contribution in [-0.4, -0.2) is 38.6 Å². The Kier molecular flexibility index (Phi) is 4.94. The van der Waals surface area contributed by atoms with Crippen molar-refractivity contribution >= 4 is 16.6 Å². The molecule has 0 aliphatic carbocycles. The number of pyridine rings is 2. The third-order valence-electron chi connectivity index (χ3n) is 5.45. The zero-order chi connectivity index (χ0) is 21.4. The summed E-state index contributed by atoms with van der Waals surface area (Å²) in [5.41, 5.74) is 12.8. The van der Waals surface area contributed by atoms with Gasteiger partial charge in [-0.3, -0.25) is 4.40 Å². The summed E-state index contributed by atoms with van der Waals surface area (Å²) >= 11 is 0. The van der Waals surface area contributed by atoms with Gasteiger partial charge in [0.15, 0.2) is 11.5 Å². The smallest absolute Gasteiger partial charge is 0.170 e. The summed E-state index contributed by atoms with van der Waals surface area (Å²) in [7, 11) is 4.05. The number of aromatic nitrogens is 4. The van der Waals surface area contributed by atoms with E-state index in [1.165, 1.54) is 0 Å². The van der Waals surface area contributed by atoms with E-state index < -0.39 is 0 Å². The van der Waals surface area contributed by atoms with Crippen LogP contribution >= 0.6 is 0 Å². The third-order valence-corrected chi connectivity index (χ3v) is 5.45. The number of benzene rings is 2. The minimum absolute atomic E-state index is 0.525. The van der Waals surface area contributed by atoms with Crippen LogP contribution in [-0.2, 0) is 13.1 Å². The highest BCUT2D eigenvalue weighted by Gasteiger charge is 2.16. The minimum atomic E-state index is 0.525. The van der Waals surface area contributed by atoms with Crippen molar-refractivity contribution in [2.24, 2.45) is 5.73 Å². The molecule has 6 nitrogen and oxygen atoms in total. The van der Waals surface area contributed by atoms with Gasteiger partial charge in [-0.05, 0) is 37.4 Å². The lowest BCUT2D eigenvalue weighted by atomic mass is 9.97. The maximum Gasteiger partial charge on any atom is 0.170 e. The highest BCUT2D eigenvalue weighted by molar-refractivity contribution is 5.98. The second-order valence-electron chi connectivity index (χ2n) is 7.95. The van der Waals surface area contributed by atoms with E-state index in [-0.39, 0.29) is 0 Å². The molecule has 2 aromatic carbocycles. The molecule has 5 aromatic rings. The van der Waals surface area contributed by atoms with Crippen molar-refractivity contribution in [2.75, 3.05) is 14.1 Å². The van der Waals surface area contributed by atoms with Crippen LogP contribution in [0.25, 0.3) is 38.9 Å². The molecule has 3 heterocycles. The third kappa shape index (κ3) is 3.56.